The Morgan fingerprint density at radius 1 is 1.00 bits per heavy atom. The van der Waals surface area contributed by atoms with E-state index in [0.717, 1.165) is 39.3 Å². The van der Waals surface area contributed by atoms with Crippen molar-refractivity contribution in [3.05, 3.63) is 12.7 Å². The van der Waals surface area contributed by atoms with Gasteiger partial charge < -0.3 is 16.0 Å². The maximum Gasteiger partial charge on any atom is 0.0132 e. The molecule has 0 atom stereocenters. The summed E-state index contributed by atoms with van der Waals surface area (Å²) in [7, 11) is 0. The first-order chi connectivity index (χ1) is 5.91. The minimum absolute atomic E-state index is 0.898. The van der Waals surface area contributed by atoms with Gasteiger partial charge in [0.2, 0.25) is 0 Å². The van der Waals surface area contributed by atoms with E-state index in [1.165, 1.54) is 0 Å². The van der Waals surface area contributed by atoms with Gasteiger partial charge in [-0.2, -0.15) is 0 Å². The summed E-state index contributed by atoms with van der Waals surface area (Å²) in [6.45, 7) is 11.8. The topological polar surface area (TPSA) is 36.1 Å². The monoisotopic (exact) mass is 171 g/mol. The van der Waals surface area contributed by atoms with Crippen molar-refractivity contribution in [2.45, 2.75) is 6.92 Å². The third-order valence-electron chi connectivity index (χ3n) is 1.50. The number of nitrogens with one attached hydrogen (secondary N) is 3. The maximum absolute atomic E-state index is 3.63. The Kier molecular flexibility index (Phi) is 10.3. The second kappa shape index (κ2) is 10.6. The molecule has 0 saturated carbocycles. The SMILES string of the molecule is C=CCNCCNCCNCC. The van der Waals surface area contributed by atoms with Crippen molar-refractivity contribution in [3.63, 3.8) is 0 Å². The largest absolute Gasteiger partial charge is 0.316 e. The van der Waals surface area contributed by atoms with Gasteiger partial charge in [-0.15, -0.1) is 6.58 Å². The molecule has 0 bridgehead atoms. The molecule has 0 rings (SSSR count). The van der Waals surface area contributed by atoms with Gasteiger partial charge in [0.1, 0.15) is 0 Å². The summed E-state index contributed by atoms with van der Waals surface area (Å²) >= 11 is 0. The summed E-state index contributed by atoms with van der Waals surface area (Å²) in [5, 5.41) is 9.80. The molecule has 0 radical (unpaired) electrons. The lowest BCUT2D eigenvalue weighted by Gasteiger charge is -2.04. The molecule has 0 aromatic carbocycles. The van der Waals surface area contributed by atoms with Crippen LogP contribution < -0.4 is 16.0 Å². The summed E-state index contributed by atoms with van der Waals surface area (Å²) < 4.78 is 0. The van der Waals surface area contributed by atoms with Crippen molar-refractivity contribution in [2.75, 3.05) is 39.3 Å². The van der Waals surface area contributed by atoms with Gasteiger partial charge in [0.15, 0.2) is 0 Å². The van der Waals surface area contributed by atoms with Crippen LogP contribution in [0.4, 0.5) is 0 Å². The Morgan fingerprint density at radius 3 is 2.17 bits per heavy atom. The van der Waals surface area contributed by atoms with Crippen LogP contribution in [-0.4, -0.2) is 39.3 Å². The molecule has 0 saturated heterocycles. The molecule has 72 valence electrons. The average Bonchev–Trinajstić information content (AvgIpc) is 2.10. The normalized spacial score (nSPS) is 10.1. The molecule has 12 heavy (non-hydrogen) atoms. The average molecular weight is 171 g/mol. The highest BCUT2D eigenvalue weighted by Gasteiger charge is 1.85. The van der Waals surface area contributed by atoms with Crippen LogP contribution >= 0.6 is 0 Å². The van der Waals surface area contributed by atoms with Crippen LogP contribution in [0.15, 0.2) is 12.7 Å². The molecule has 0 spiro atoms. The zero-order chi connectivity index (χ0) is 9.07. The van der Waals surface area contributed by atoms with Gasteiger partial charge >= 0.3 is 0 Å². The van der Waals surface area contributed by atoms with Gasteiger partial charge in [-0.25, -0.2) is 0 Å². The zero-order valence-electron chi connectivity index (χ0n) is 8.03. The molecule has 0 aliphatic rings. The van der Waals surface area contributed by atoms with Crippen molar-refractivity contribution in [2.24, 2.45) is 0 Å². The molecular formula is C9H21N3. The van der Waals surface area contributed by atoms with Crippen LogP contribution in [0, 0.1) is 0 Å². The molecule has 0 unspecified atom stereocenters. The summed E-state index contributed by atoms with van der Waals surface area (Å²) in [5.74, 6) is 0. The Hall–Kier alpha value is -0.380. The summed E-state index contributed by atoms with van der Waals surface area (Å²) in [6, 6.07) is 0. The Morgan fingerprint density at radius 2 is 1.58 bits per heavy atom. The third-order valence-corrected chi connectivity index (χ3v) is 1.50. The number of hydrogen-bond donors (Lipinski definition) is 3. The highest BCUT2D eigenvalue weighted by atomic mass is 15.0. The molecule has 3 nitrogen and oxygen atoms in total. The Bertz CT molecular complexity index is 93.8. The first-order valence-electron chi connectivity index (χ1n) is 4.64. The number of likely N-dealkylation sites (N-methyl/N-ethyl adjacent to an activating group) is 1. The van der Waals surface area contributed by atoms with Crippen molar-refractivity contribution < 1.29 is 0 Å². The van der Waals surface area contributed by atoms with E-state index in [9.17, 15) is 0 Å². The lowest BCUT2D eigenvalue weighted by Crippen LogP contribution is -2.32. The number of rotatable bonds is 9. The van der Waals surface area contributed by atoms with Gasteiger partial charge in [-0.1, -0.05) is 13.0 Å². The van der Waals surface area contributed by atoms with Gasteiger partial charge in [0, 0.05) is 32.7 Å². The molecule has 3 heteroatoms. The van der Waals surface area contributed by atoms with Gasteiger partial charge in [-0.05, 0) is 6.54 Å². The molecule has 0 aromatic heterocycles. The minimum atomic E-state index is 0.898. The van der Waals surface area contributed by atoms with E-state index in [2.05, 4.69) is 29.5 Å². The molecule has 0 fully saturated rings. The predicted octanol–water partition coefficient (Wildman–Crippen LogP) is -0.0389. The summed E-state index contributed by atoms with van der Waals surface area (Å²) in [6.07, 6.45) is 1.87. The fraction of sp³-hybridized carbons (Fsp3) is 0.778. The molecule has 0 aromatic rings. The summed E-state index contributed by atoms with van der Waals surface area (Å²) in [4.78, 5) is 0. The predicted molar refractivity (Wildman–Crippen MR) is 54.5 cm³/mol. The third kappa shape index (κ3) is 9.62. The van der Waals surface area contributed by atoms with E-state index in [1.54, 1.807) is 0 Å². The van der Waals surface area contributed by atoms with E-state index < -0.39 is 0 Å². The fourth-order valence-corrected chi connectivity index (χ4v) is 0.859. The Labute approximate surface area is 75.6 Å². The molecule has 0 amide bonds. The maximum atomic E-state index is 3.63. The number of hydrogen-bond acceptors (Lipinski definition) is 3. The second-order valence-electron chi connectivity index (χ2n) is 2.60. The minimum Gasteiger partial charge on any atom is -0.316 e. The molecule has 0 heterocycles. The standard InChI is InChI=1S/C9H21N3/c1-3-5-11-8-9-12-7-6-10-4-2/h3,10-12H,1,4-9H2,2H3. The molecule has 0 aliphatic heterocycles. The second-order valence-corrected chi connectivity index (χ2v) is 2.60. The fourth-order valence-electron chi connectivity index (χ4n) is 0.859. The van der Waals surface area contributed by atoms with E-state index in [-0.39, 0.29) is 0 Å². The van der Waals surface area contributed by atoms with E-state index in [4.69, 9.17) is 0 Å². The van der Waals surface area contributed by atoms with Crippen molar-refractivity contribution in [1.29, 1.82) is 0 Å². The van der Waals surface area contributed by atoms with Gasteiger partial charge in [0.05, 0.1) is 0 Å². The Balaban J connectivity index is 2.77. The summed E-state index contributed by atoms with van der Waals surface area (Å²) in [5.41, 5.74) is 0. The molecule has 3 N–H and O–H groups in total. The van der Waals surface area contributed by atoms with Crippen LogP contribution in [-0.2, 0) is 0 Å². The van der Waals surface area contributed by atoms with Crippen LogP contribution in [0.1, 0.15) is 6.92 Å². The van der Waals surface area contributed by atoms with Crippen molar-refractivity contribution >= 4 is 0 Å². The van der Waals surface area contributed by atoms with Crippen molar-refractivity contribution in [3.8, 4) is 0 Å². The molecular weight excluding hydrogens is 150 g/mol. The van der Waals surface area contributed by atoms with Crippen LogP contribution in [0.3, 0.4) is 0 Å². The lowest BCUT2D eigenvalue weighted by molar-refractivity contribution is 0.601. The van der Waals surface area contributed by atoms with E-state index in [1.807, 2.05) is 6.08 Å². The quantitative estimate of drug-likeness (QED) is 0.336. The van der Waals surface area contributed by atoms with Gasteiger partial charge in [-0.3, -0.25) is 0 Å². The van der Waals surface area contributed by atoms with E-state index >= 15 is 0 Å². The molecule has 0 aliphatic carbocycles. The lowest BCUT2D eigenvalue weighted by atomic mass is 10.5. The van der Waals surface area contributed by atoms with Crippen LogP contribution in [0.25, 0.3) is 0 Å². The highest BCUT2D eigenvalue weighted by Crippen LogP contribution is 1.62. The first kappa shape index (κ1) is 11.6. The van der Waals surface area contributed by atoms with Crippen LogP contribution in [0.5, 0.6) is 0 Å². The first-order valence-corrected chi connectivity index (χ1v) is 4.64. The highest BCUT2D eigenvalue weighted by molar-refractivity contribution is 4.69. The van der Waals surface area contributed by atoms with Gasteiger partial charge in [0.25, 0.3) is 0 Å². The smallest absolute Gasteiger partial charge is 0.0132 e. The van der Waals surface area contributed by atoms with Crippen LogP contribution in [0.2, 0.25) is 0 Å². The van der Waals surface area contributed by atoms with E-state index in [0.29, 0.717) is 0 Å². The van der Waals surface area contributed by atoms with Crippen molar-refractivity contribution in [1.82, 2.24) is 16.0 Å². The zero-order valence-corrected chi connectivity index (χ0v) is 8.03.